The van der Waals surface area contributed by atoms with Gasteiger partial charge in [0, 0.05) is 17.3 Å². The van der Waals surface area contributed by atoms with Crippen molar-refractivity contribution in [1.82, 2.24) is 14.8 Å². The predicted molar refractivity (Wildman–Crippen MR) is 120 cm³/mol. The number of hydrogen-bond donors (Lipinski definition) is 1. The molecule has 1 N–H and O–H groups in total. The molecule has 0 atom stereocenters. The molecule has 1 aliphatic heterocycles. The van der Waals surface area contributed by atoms with Gasteiger partial charge in [0.25, 0.3) is 0 Å². The average Bonchev–Trinajstić information content (AvgIpc) is 3.54. The SMILES string of the molecule is Cc1ccc(-c2nnc(SCC(=O)Nc3ccc4c(c3)OCO4)n2Cc2ccco2)cc1. The number of aryl methyl sites for hydroxylation is 1. The second kappa shape index (κ2) is 8.80. The van der Waals surface area contributed by atoms with Crippen molar-refractivity contribution in [3.05, 3.63) is 72.2 Å². The van der Waals surface area contributed by atoms with Gasteiger partial charge < -0.3 is 19.2 Å². The Labute approximate surface area is 188 Å². The molecule has 0 unspecified atom stereocenters. The summed E-state index contributed by atoms with van der Waals surface area (Å²) in [6, 6.07) is 17.2. The Hall–Kier alpha value is -3.72. The van der Waals surface area contributed by atoms with Crippen molar-refractivity contribution in [3.63, 3.8) is 0 Å². The Morgan fingerprint density at radius 1 is 1.09 bits per heavy atom. The van der Waals surface area contributed by atoms with Crippen LogP contribution in [-0.2, 0) is 11.3 Å². The van der Waals surface area contributed by atoms with Crippen LogP contribution in [0.2, 0.25) is 0 Å². The molecule has 9 heteroatoms. The molecule has 0 saturated heterocycles. The van der Waals surface area contributed by atoms with E-state index in [0.717, 1.165) is 17.1 Å². The molecule has 1 amide bonds. The van der Waals surface area contributed by atoms with E-state index in [2.05, 4.69) is 15.5 Å². The fraction of sp³-hybridized carbons (Fsp3) is 0.174. The summed E-state index contributed by atoms with van der Waals surface area (Å²) < 4.78 is 18.1. The number of rotatable bonds is 7. The standard InChI is InChI=1S/C23H20N4O4S/c1-15-4-6-16(7-5-15)22-25-26-23(27(22)12-18-3-2-10-29-18)32-13-21(28)24-17-8-9-19-20(11-17)31-14-30-19/h2-11H,12-14H2,1H3,(H,24,28). The summed E-state index contributed by atoms with van der Waals surface area (Å²) in [5.74, 6) is 2.82. The van der Waals surface area contributed by atoms with Crippen molar-refractivity contribution in [1.29, 1.82) is 0 Å². The highest BCUT2D eigenvalue weighted by Gasteiger charge is 2.18. The normalized spacial score (nSPS) is 12.2. The van der Waals surface area contributed by atoms with Crippen molar-refractivity contribution < 1.29 is 18.7 Å². The van der Waals surface area contributed by atoms with Crippen LogP contribution in [0.25, 0.3) is 11.4 Å². The summed E-state index contributed by atoms with van der Waals surface area (Å²) in [7, 11) is 0. The molecule has 8 nitrogen and oxygen atoms in total. The Morgan fingerprint density at radius 2 is 1.94 bits per heavy atom. The molecule has 0 spiro atoms. The topological polar surface area (TPSA) is 91.4 Å². The van der Waals surface area contributed by atoms with E-state index >= 15 is 0 Å². The molecule has 0 fully saturated rings. The molecular weight excluding hydrogens is 428 g/mol. The van der Waals surface area contributed by atoms with Gasteiger partial charge in [-0.3, -0.25) is 9.36 Å². The third kappa shape index (κ3) is 4.33. The first-order valence-corrected chi connectivity index (χ1v) is 11.0. The minimum Gasteiger partial charge on any atom is -0.467 e. The number of aromatic nitrogens is 3. The molecule has 4 aromatic rings. The minimum absolute atomic E-state index is 0.154. The molecule has 2 aromatic heterocycles. The number of nitrogens with one attached hydrogen (secondary N) is 1. The van der Waals surface area contributed by atoms with E-state index in [1.165, 1.54) is 17.3 Å². The van der Waals surface area contributed by atoms with Gasteiger partial charge in [0.1, 0.15) is 5.76 Å². The van der Waals surface area contributed by atoms with Crippen LogP contribution in [0.5, 0.6) is 11.5 Å². The largest absolute Gasteiger partial charge is 0.467 e. The summed E-state index contributed by atoms with van der Waals surface area (Å²) in [4.78, 5) is 12.5. The zero-order chi connectivity index (χ0) is 21.9. The van der Waals surface area contributed by atoms with Gasteiger partial charge in [-0.2, -0.15) is 0 Å². The van der Waals surface area contributed by atoms with Crippen LogP contribution >= 0.6 is 11.8 Å². The summed E-state index contributed by atoms with van der Waals surface area (Å²) in [5, 5.41) is 12.2. The molecule has 0 radical (unpaired) electrons. The van der Waals surface area contributed by atoms with Crippen LogP contribution in [-0.4, -0.2) is 33.2 Å². The van der Waals surface area contributed by atoms with Crippen LogP contribution in [0.3, 0.4) is 0 Å². The van der Waals surface area contributed by atoms with Crippen LogP contribution < -0.4 is 14.8 Å². The molecule has 32 heavy (non-hydrogen) atoms. The fourth-order valence-corrected chi connectivity index (χ4v) is 4.05. The van der Waals surface area contributed by atoms with Crippen LogP contribution in [0.15, 0.2) is 70.4 Å². The lowest BCUT2D eigenvalue weighted by molar-refractivity contribution is -0.113. The first kappa shape index (κ1) is 20.2. The number of nitrogens with zero attached hydrogens (tertiary/aromatic N) is 3. The van der Waals surface area contributed by atoms with Gasteiger partial charge in [-0.05, 0) is 31.2 Å². The highest BCUT2D eigenvalue weighted by molar-refractivity contribution is 7.99. The molecule has 0 bridgehead atoms. The lowest BCUT2D eigenvalue weighted by atomic mass is 10.1. The van der Waals surface area contributed by atoms with E-state index < -0.39 is 0 Å². The van der Waals surface area contributed by atoms with Crippen molar-refractivity contribution in [2.24, 2.45) is 0 Å². The minimum atomic E-state index is -0.154. The maximum Gasteiger partial charge on any atom is 0.234 e. The number of amides is 1. The van der Waals surface area contributed by atoms with Gasteiger partial charge in [0.2, 0.25) is 12.7 Å². The van der Waals surface area contributed by atoms with E-state index in [1.54, 1.807) is 24.5 Å². The van der Waals surface area contributed by atoms with E-state index in [0.29, 0.717) is 28.9 Å². The van der Waals surface area contributed by atoms with E-state index in [4.69, 9.17) is 13.9 Å². The smallest absolute Gasteiger partial charge is 0.234 e. The molecule has 2 aromatic carbocycles. The Bertz CT molecular complexity index is 1240. The zero-order valence-electron chi connectivity index (χ0n) is 17.3. The number of thioether (sulfide) groups is 1. The van der Waals surface area contributed by atoms with Crippen LogP contribution in [0.1, 0.15) is 11.3 Å². The van der Waals surface area contributed by atoms with E-state index in [1.807, 2.05) is 47.9 Å². The lowest BCUT2D eigenvalue weighted by Gasteiger charge is -2.09. The quantitative estimate of drug-likeness (QED) is 0.420. The Morgan fingerprint density at radius 3 is 2.75 bits per heavy atom. The number of fused-ring (bicyclic) bond motifs is 1. The third-order valence-corrected chi connectivity index (χ3v) is 5.88. The van der Waals surface area contributed by atoms with Crippen molar-refractivity contribution in [3.8, 4) is 22.9 Å². The molecule has 5 rings (SSSR count). The molecule has 162 valence electrons. The predicted octanol–water partition coefficient (Wildman–Crippen LogP) is 4.35. The van der Waals surface area contributed by atoms with Gasteiger partial charge in [-0.15, -0.1) is 10.2 Å². The number of anilines is 1. The number of furan rings is 1. The van der Waals surface area contributed by atoms with Gasteiger partial charge in [-0.1, -0.05) is 41.6 Å². The molecule has 0 saturated carbocycles. The summed E-state index contributed by atoms with van der Waals surface area (Å²) in [5.41, 5.74) is 2.77. The Kier molecular flexibility index (Phi) is 5.55. The maximum absolute atomic E-state index is 12.5. The summed E-state index contributed by atoms with van der Waals surface area (Å²) in [6.45, 7) is 2.70. The van der Waals surface area contributed by atoms with Crippen LogP contribution in [0.4, 0.5) is 5.69 Å². The van der Waals surface area contributed by atoms with Crippen molar-refractivity contribution in [2.75, 3.05) is 17.9 Å². The number of hydrogen-bond acceptors (Lipinski definition) is 7. The molecular formula is C23H20N4O4S. The van der Waals surface area contributed by atoms with Gasteiger partial charge >= 0.3 is 0 Å². The summed E-state index contributed by atoms with van der Waals surface area (Å²) >= 11 is 1.32. The highest BCUT2D eigenvalue weighted by atomic mass is 32.2. The number of carbonyl (C=O) groups is 1. The van der Waals surface area contributed by atoms with Gasteiger partial charge in [0.15, 0.2) is 22.5 Å². The molecule has 0 aliphatic carbocycles. The van der Waals surface area contributed by atoms with Crippen molar-refractivity contribution >= 4 is 23.4 Å². The summed E-state index contributed by atoms with van der Waals surface area (Å²) in [6.07, 6.45) is 1.64. The van der Waals surface area contributed by atoms with Crippen molar-refractivity contribution in [2.45, 2.75) is 18.6 Å². The zero-order valence-corrected chi connectivity index (χ0v) is 18.1. The highest BCUT2D eigenvalue weighted by Crippen LogP contribution is 2.34. The Balaban J connectivity index is 1.32. The third-order valence-electron chi connectivity index (χ3n) is 4.91. The number of carbonyl (C=O) groups excluding carboxylic acids is 1. The maximum atomic E-state index is 12.5. The fourth-order valence-electron chi connectivity index (χ4n) is 3.31. The van der Waals surface area contributed by atoms with E-state index in [9.17, 15) is 4.79 Å². The second-order valence-corrected chi connectivity index (χ2v) is 8.19. The van der Waals surface area contributed by atoms with E-state index in [-0.39, 0.29) is 18.5 Å². The lowest BCUT2D eigenvalue weighted by Crippen LogP contribution is -2.14. The molecule has 1 aliphatic rings. The van der Waals surface area contributed by atoms with Crippen LogP contribution in [0, 0.1) is 6.92 Å². The first-order valence-electron chi connectivity index (χ1n) is 10.0. The number of ether oxygens (including phenoxy) is 2. The molecule has 3 heterocycles. The van der Waals surface area contributed by atoms with Gasteiger partial charge in [-0.25, -0.2) is 0 Å². The second-order valence-electron chi connectivity index (χ2n) is 7.24. The van der Waals surface area contributed by atoms with Gasteiger partial charge in [0.05, 0.1) is 18.6 Å². The number of benzene rings is 2. The first-order chi connectivity index (χ1) is 15.7. The average molecular weight is 449 g/mol. The monoisotopic (exact) mass is 448 g/mol.